The van der Waals surface area contributed by atoms with Crippen molar-refractivity contribution in [2.75, 3.05) is 6.26 Å². The summed E-state index contributed by atoms with van der Waals surface area (Å²) in [6, 6.07) is 18.1. The summed E-state index contributed by atoms with van der Waals surface area (Å²) < 4.78 is 68.8. The highest BCUT2D eigenvalue weighted by Crippen LogP contribution is 2.39. The van der Waals surface area contributed by atoms with Crippen molar-refractivity contribution in [2.24, 2.45) is 0 Å². The maximum absolute atomic E-state index is 14.8. The lowest BCUT2D eigenvalue weighted by atomic mass is 10.00. The van der Waals surface area contributed by atoms with Crippen molar-refractivity contribution in [2.45, 2.75) is 30.7 Å². The van der Waals surface area contributed by atoms with Crippen LogP contribution in [0.1, 0.15) is 30.0 Å². The maximum Gasteiger partial charge on any atom is 0.274 e. The third-order valence-electron chi connectivity index (χ3n) is 5.96. The average Bonchev–Trinajstić information content (AvgIpc) is 3.36. The topological polar surface area (TPSA) is 79.9 Å². The Morgan fingerprint density at radius 2 is 1.68 bits per heavy atom. The minimum Gasteiger partial charge on any atom is -0.302 e. The minimum absolute atomic E-state index is 0.124. The molecule has 5 nitrogen and oxygen atoms in total. The Balaban J connectivity index is 1.91. The smallest absolute Gasteiger partial charge is 0.274 e. The number of nitriles is 1. The van der Waals surface area contributed by atoms with Gasteiger partial charge in [0, 0.05) is 28.7 Å². The molecule has 2 aromatic carbocycles. The van der Waals surface area contributed by atoms with E-state index in [-0.39, 0.29) is 22.7 Å². The van der Waals surface area contributed by atoms with Crippen LogP contribution in [0.5, 0.6) is 0 Å². The Bertz CT molecular complexity index is 1680. The van der Waals surface area contributed by atoms with Crippen LogP contribution in [0, 0.1) is 17.1 Å². The van der Waals surface area contributed by atoms with Crippen LogP contribution in [-0.4, -0.2) is 19.2 Å². The molecule has 0 aliphatic heterocycles. The van der Waals surface area contributed by atoms with Crippen LogP contribution in [-0.2, 0) is 22.3 Å². The zero-order chi connectivity index (χ0) is 27.0. The van der Waals surface area contributed by atoms with Crippen LogP contribution in [0.3, 0.4) is 0 Å². The number of pyridine rings is 1. The molecular weight excluding hydrogens is 521 g/mol. The molecule has 0 amide bonds. The molecule has 0 fully saturated rings. The number of rotatable bonds is 7. The lowest BCUT2D eigenvalue weighted by molar-refractivity contribution is -0.00876. The Labute approximate surface area is 216 Å². The fourth-order valence-corrected chi connectivity index (χ4v) is 5.56. The number of aromatic nitrogens is 1. The Morgan fingerprint density at radius 3 is 2.27 bits per heavy atom. The lowest BCUT2D eigenvalue weighted by Crippen LogP contribution is -2.29. The molecule has 190 valence electrons. The van der Waals surface area contributed by atoms with Crippen molar-refractivity contribution in [1.82, 2.24) is 4.57 Å². The first kappa shape index (κ1) is 26.4. The van der Waals surface area contributed by atoms with Gasteiger partial charge in [-0.15, -0.1) is 11.3 Å². The molecule has 37 heavy (non-hydrogen) atoms. The fourth-order valence-electron chi connectivity index (χ4n) is 3.89. The van der Waals surface area contributed by atoms with Crippen molar-refractivity contribution in [3.05, 3.63) is 99.6 Å². The van der Waals surface area contributed by atoms with Gasteiger partial charge in [-0.25, -0.2) is 21.6 Å². The summed E-state index contributed by atoms with van der Waals surface area (Å²) in [6.07, 6.45) is 0.495. The van der Waals surface area contributed by atoms with Crippen molar-refractivity contribution < 1.29 is 21.6 Å². The van der Waals surface area contributed by atoms with Gasteiger partial charge in [0.15, 0.2) is 9.84 Å². The van der Waals surface area contributed by atoms with E-state index >= 15 is 0 Å². The molecule has 10 heteroatoms. The quantitative estimate of drug-likeness (QED) is 0.278. The first-order chi connectivity index (χ1) is 17.5. The van der Waals surface area contributed by atoms with Crippen LogP contribution in [0.4, 0.5) is 13.2 Å². The van der Waals surface area contributed by atoms with Crippen molar-refractivity contribution in [3.63, 3.8) is 0 Å². The molecule has 0 radical (unpaired) electrons. The summed E-state index contributed by atoms with van der Waals surface area (Å²) >= 11 is 1.20. The zero-order valence-corrected chi connectivity index (χ0v) is 21.5. The second-order valence-electron chi connectivity index (χ2n) is 8.43. The van der Waals surface area contributed by atoms with Gasteiger partial charge in [0.1, 0.15) is 17.4 Å². The number of alkyl halides is 2. The highest BCUT2D eigenvalue weighted by molar-refractivity contribution is 7.90. The van der Waals surface area contributed by atoms with E-state index in [9.17, 15) is 31.6 Å². The van der Waals surface area contributed by atoms with E-state index in [1.54, 1.807) is 36.4 Å². The van der Waals surface area contributed by atoms with Crippen molar-refractivity contribution in [1.29, 1.82) is 5.26 Å². The average molecular weight is 543 g/mol. The number of hydrogen-bond donors (Lipinski definition) is 0. The molecule has 0 saturated heterocycles. The molecule has 4 rings (SSSR count). The van der Waals surface area contributed by atoms with E-state index in [1.807, 2.05) is 0 Å². The Hall–Kier alpha value is -3.68. The van der Waals surface area contributed by atoms with Gasteiger partial charge < -0.3 is 4.57 Å². The van der Waals surface area contributed by atoms with E-state index < -0.39 is 44.7 Å². The number of benzene rings is 2. The van der Waals surface area contributed by atoms with Gasteiger partial charge in [-0.2, -0.15) is 5.26 Å². The summed E-state index contributed by atoms with van der Waals surface area (Å²) in [5.74, 6) is -3.99. The summed E-state index contributed by atoms with van der Waals surface area (Å²) in [5.41, 5.74) is -1.30. The van der Waals surface area contributed by atoms with Crippen molar-refractivity contribution >= 4 is 21.2 Å². The Kier molecular flexibility index (Phi) is 7.13. The van der Waals surface area contributed by atoms with Gasteiger partial charge in [0.05, 0.1) is 22.0 Å². The molecular formula is C27H21F3N2O3S2. The number of halogens is 3. The van der Waals surface area contributed by atoms with Crippen LogP contribution >= 0.6 is 11.3 Å². The standard InChI is InChI=1S/C27H21F3N2O3S2/c1-3-27(29,30)21-14-23(32(26(33)20(21)15-31)16-18-6-4-5-7-22(18)28)25-13-12-24(36-25)17-8-10-19(11-9-17)37(2,34)35/h4-14H,3,16H2,1-2H3. The summed E-state index contributed by atoms with van der Waals surface area (Å²) in [5, 5.41) is 9.59. The molecule has 0 aliphatic carbocycles. The van der Waals surface area contributed by atoms with Gasteiger partial charge in [-0.05, 0) is 42.0 Å². The molecule has 4 aromatic rings. The highest BCUT2D eigenvalue weighted by Gasteiger charge is 2.35. The van der Waals surface area contributed by atoms with E-state index in [1.165, 1.54) is 48.6 Å². The van der Waals surface area contributed by atoms with Crippen LogP contribution < -0.4 is 5.56 Å². The number of sulfone groups is 1. The molecule has 0 atom stereocenters. The molecule has 0 bridgehead atoms. The zero-order valence-electron chi connectivity index (χ0n) is 19.8. The van der Waals surface area contributed by atoms with Gasteiger partial charge >= 0.3 is 0 Å². The molecule has 2 aromatic heterocycles. The van der Waals surface area contributed by atoms with Crippen LogP contribution in [0.15, 0.2) is 76.4 Å². The van der Waals surface area contributed by atoms with Crippen LogP contribution in [0.2, 0.25) is 0 Å². The van der Waals surface area contributed by atoms with Crippen molar-refractivity contribution in [3.8, 4) is 27.1 Å². The van der Waals surface area contributed by atoms with Gasteiger partial charge in [-0.3, -0.25) is 4.79 Å². The third kappa shape index (κ3) is 5.24. The second kappa shape index (κ2) is 10.00. The maximum atomic E-state index is 14.8. The number of nitrogens with zero attached hydrogens (tertiary/aromatic N) is 2. The summed E-state index contributed by atoms with van der Waals surface area (Å²) in [7, 11) is -3.37. The number of thiophene rings is 1. The number of hydrogen-bond acceptors (Lipinski definition) is 5. The van der Waals surface area contributed by atoms with E-state index in [0.29, 0.717) is 15.3 Å². The highest BCUT2D eigenvalue weighted by atomic mass is 32.2. The monoisotopic (exact) mass is 542 g/mol. The lowest BCUT2D eigenvalue weighted by Gasteiger charge is -2.20. The first-order valence-electron chi connectivity index (χ1n) is 11.2. The SMILES string of the molecule is CCC(F)(F)c1cc(-c2ccc(-c3ccc(S(C)(=O)=O)cc3)s2)n(Cc2ccccc2F)c(=O)c1C#N. The Morgan fingerprint density at radius 1 is 1.03 bits per heavy atom. The third-order valence-corrected chi connectivity index (χ3v) is 8.25. The predicted octanol–water partition coefficient (Wildman–Crippen LogP) is 6.21. The molecule has 0 aliphatic rings. The predicted molar refractivity (Wildman–Crippen MR) is 137 cm³/mol. The molecule has 0 unspecified atom stereocenters. The fraction of sp³-hybridized carbons (Fsp3) is 0.185. The second-order valence-corrected chi connectivity index (χ2v) is 11.5. The van der Waals surface area contributed by atoms with Gasteiger partial charge in [0.2, 0.25) is 0 Å². The van der Waals surface area contributed by atoms with E-state index in [2.05, 4.69) is 0 Å². The minimum atomic E-state index is -3.42. The summed E-state index contributed by atoms with van der Waals surface area (Å²) in [6.45, 7) is 0.999. The van der Waals surface area contributed by atoms with Gasteiger partial charge in [0.25, 0.3) is 11.5 Å². The van der Waals surface area contributed by atoms with Gasteiger partial charge in [-0.1, -0.05) is 37.3 Å². The van der Waals surface area contributed by atoms with Crippen LogP contribution in [0.25, 0.3) is 21.0 Å². The molecule has 0 saturated carbocycles. The molecule has 0 spiro atoms. The first-order valence-corrected chi connectivity index (χ1v) is 13.9. The normalized spacial score (nSPS) is 11.9. The van der Waals surface area contributed by atoms with E-state index in [0.717, 1.165) is 16.9 Å². The summed E-state index contributed by atoms with van der Waals surface area (Å²) in [4.78, 5) is 14.6. The van der Waals surface area contributed by atoms with E-state index in [4.69, 9.17) is 0 Å². The largest absolute Gasteiger partial charge is 0.302 e. The molecule has 0 N–H and O–H groups in total. The molecule has 2 heterocycles.